The third-order valence-electron chi connectivity index (χ3n) is 4.36. The first-order valence-electron chi connectivity index (χ1n) is 7.81. The molecule has 0 radical (unpaired) electrons. The van der Waals surface area contributed by atoms with E-state index in [0.717, 1.165) is 11.7 Å². The molecule has 112 valence electrons. The van der Waals surface area contributed by atoms with E-state index in [0.29, 0.717) is 23.2 Å². The molecule has 2 aromatic rings. The van der Waals surface area contributed by atoms with Crippen molar-refractivity contribution in [3.63, 3.8) is 0 Å². The summed E-state index contributed by atoms with van der Waals surface area (Å²) in [6.07, 6.45) is 9.13. The highest BCUT2D eigenvalue weighted by Gasteiger charge is 2.25. The van der Waals surface area contributed by atoms with E-state index >= 15 is 0 Å². The smallest absolute Gasteiger partial charge is 0.276 e. The maximum atomic E-state index is 5.64. The van der Waals surface area contributed by atoms with Crippen molar-refractivity contribution in [1.29, 1.82) is 0 Å². The van der Waals surface area contributed by atoms with Gasteiger partial charge in [-0.05, 0) is 43.7 Å². The topological polar surface area (TPSA) is 77.8 Å². The average molecular weight is 286 g/mol. The van der Waals surface area contributed by atoms with Gasteiger partial charge in [0.25, 0.3) is 5.89 Å². The molecular formula is C16H22N4O. The normalized spacial score (nSPS) is 22.3. The van der Waals surface area contributed by atoms with E-state index in [9.17, 15) is 0 Å². The van der Waals surface area contributed by atoms with Crippen LogP contribution < -0.4 is 5.73 Å². The van der Waals surface area contributed by atoms with Crippen molar-refractivity contribution in [2.24, 2.45) is 5.92 Å². The summed E-state index contributed by atoms with van der Waals surface area (Å²) in [7, 11) is 0. The Morgan fingerprint density at radius 2 is 2.05 bits per heavy atom. The number of nitrogens with two attached hydrogens (primary N) is 1. The first-order chi connectivity index (χ1) is 10.3. The lowest BCUT2D eigenvalue weighted by atomic mass is 9.80. The van der Waals surface area contributed by atoms with Crippen molar-refractivity contribution in [3.05, 3.63) is 24.2 Å². The fourth-order valence-corrected chi connectivity index (χ4v) is 3.15. The first-order valence-corrected chi connectivity index (χ1v) is 7.81. The van der Waals surface area contributed by atoms with Gasteiger partial charge in [0.15, 0.2) is 5.82 Å². The minimum atomic E-state index is 0.435. The molecule has 5 heteroatoms. The van der Waals surface area contributed by atoms with Gasteiger partial charge in [0.2, 0.25) is 0 Å². The predicted molar refractivity (Wildman–Crippen MR) is 81.5 cm³/mol. The van der Waals surface area contributed by atoms with Crippen LogP contribution in [0.25, 0.3) is 11.6 Å². The Hall–Kier alpha value is -1.91. The summed E-state index contributed by atoms with van der Waals surface area (Å²) in [5.74, 6) is 2.64. The predicted octanol–water partition coefficient (Wildman–Crippen LogP) is 3.79. The van der Waals surface area contributed by atoms with Crippen molar-refractivity contribution < 1.29 is 4.52 Å². The van der Waals surface area contributed by atoms with Gasteiger partial charge >= 0.3 is 0 Å². The summed E-state index contributed by atoms with van der Waals surface area (Å²) < 4.78 is 5.35. The zero-order valence-electron chi connectivity index (χ0n) is 12.5. The fraction of sp³-hybridized carbons (Fsp3) is 0.562. The molecule has 2 N–H and O–H groups in total. The molecule has 1 saturated carbocycles. The van der Waals surface area contributed by atoms with Crippen molar-refractivity contribution in [1.82, 2.24) is 15.1 Å². The molecule has 0 unspecified atom stereocenters. The molecule has 0 bridgehead atoms. The molecule has 0 spiro atoms. The minimum absolute atomic E-state index is 0.435. The monoisotopic (exact) mass is 286 g/mol. The third-order valence-corrected chi connectivity index (χ3v) is 4.36. The number of aromatic nitrogens is 3. The molecule has 3 rings (SSSR count). The molecule has 2 aromatic heterocycles. The standard InChI is InChI=1S/C16H22N4O/c1-2-3-11-4-6-12(7-5-11)15-19-16(21-20-15)14-9-8-13(17)10-18-14/h8-12H,2-7,17H2,1H3. The van der Waals surface area contributed by atoms with Crippen LogP contribution in [0.5, 0.6) is 0 Å². The quantitative estimate of drug-likeness (QED) is 0.925. The molecule has 0 aromatic carbocycles. The van der Waals surface area contributed by atoms with E-state index in [1.165, 1.54) is 38.5 Å². The molecule has 1 aliphatic rings. The van der Waals surface area contributed by atoms with Crippen LogP contribution in [0.4, 0.5) is 5.69 Å². The number of nitrogen functional groups attached to an aromatic ring is 1. The lowest BCUT2D eigenvalue weighted by Gasteiger charge is -2.26. The lowest BCUT2D eigenvalue weighted by molar-refractivity contribution is 0.296. The summed E-state index contributed by atoms with van der Waals surface area (Å²) in [6, 6.07) is 3.60. The van der Waals surface area contributed by atoms with Crippen LogP contribution in [0.1, 0.15) is 57.2 Å². The van der Waals surface area contributed by atoms with E-state index in [1.54, 1.807) is 12.3 Å². The summed E-state index contributed by atoms with van der Waals surface area (Å²) in [6.45, 7) is 2.26. The molecule has 1 fully saturated rings. The minimum Gasteiger partial charge on any atom is -0.397 e. The highest BCUT2D eigenvalue weighted by atomic mass is 16.5. The zero-order chi connectivity index (χ0) is 14.7. The van der Waals surface area contributed by atoms with Crippen LogP contribution in [0.2, 0.25) is 0 Å². The van der Waals surface area contributed by atoms with Crippen molar-refractivity contribution in [2.45, 2.75) is 51.4 Å². The van der Waals surface area contributed by atoms with Gasteiger partial charge in [-0.3, -0.25) is 0 Å². The van der Waals surface area contributed by atoms with E-state index in [1.807, 2.05) is 6.07 Å². The zero-order valence-corrected chi connectivity index (χ0v) is 12.5. The molecule has 5 nitrogen and oxygen atoms in total. The summed E-state index contributed by atoms with van der Waals surface area (Å²) in [5.41, 5.74) is 6.95. The molecule has 0 aliphatic heterocycles. The fourth-order valence-electron chi connectivity index (χ4n) is 3.15. The van der Waals surface area contributed by atoms with E-state index in [4.69, 9.17) is 10.3 Å². The van der Waals surface area contributed by atoms with Gasteiger partial charge in [-0.15, -0.1) is 0 Å². The molecule has 2 heterocycles. The second kappa shape index (κ2) is 6.24. The van der Waals surface area contributed by atoms with E-state index < -0.39 is 0 Å². The molecule has 0 atom stereocenters. The highest BCUT2D eigenvalue weighted by Crippen LogP contribution is 2.36. The van der Waals surface area contributed by atoms with Crippen LogP contribution in [0.3, 0.4) is 0 Å². The largest absolute Gasteiger partial charge is 0.397 e. The number of pyridine rings is 1. The lowest BCUT2D eigenvalue weighted by Crippen LogP contribution is -2.14. The van der Waals surface area contributed by atoms with Crippen molar-refractivity contribution in [2.75, 3.05) is 5.73 Å². The summed E-state index contributed by atoms with van der Waals surface area (Å²) in [4.78, 5) is 8.75. The number of nitrogens with zero attached hydrogens (tertiary/aromatic N) is 3. The van der Waals surface area contributed by atoms with Crippen LogP contribution in [0.15, 0.2) is 22.9 Å². The van der Waals surface area contributed by atoms with Gasteiger partial charge in [-0.25, -0.2) is 4.98 Å². The Morgan fingerprint density at radius 1 is 1.24 bits per heavy atom. The molecule has 1 aliphatic carbocycles. The van der Waals surface area contributed by atoms with Crippen LogP contribution in [-0.4, -0.2) is 15.1 Å². The number of hydrogen-bond donors (Lipinski definition) is 1. The van der Waals surface area contributed by atoms with Crippen molar-refractivity contribution in [3.8, 4) is 11.6 Å². The Balaban J connectivity index is 1.67. The van der Waals surface area contributed by atoms with Gasteiger partial charge in [0.1, 0.15) is 5.69 Å². The molecular weight excluding hydrogens is 264 g/mol. The number of hydrogen-bond acceptors (Lipinski definition) is 5. The second-order valence-corrected chi connectivity index (χ2v) is 5.94. The van der Waals surface area contributed by atoms with Crippen LogP contribution in [-0.2, 0) is 0 Å². The van der Waals surface area contributed by atoms with Gasteiger partial charge in [0.05, 0.1) is 11.9 Å². The van der Waals surface area contributed by atoms with Gasteiger partial charge < -0.3 is 10.3 Å². The van der Waals surface area contributed by atoms with Gasteiger partial charge in [-0.1, -0.05) is 24.9 Å². The Kier molecular flexibility index (Phi) is 4.18. The summed E-state index contributed by atoms with van der Waals surface area (Å²) in [5, 5.41) is 4.15. The number of rotatable bonds is 4. The first kappa shape index (κ1) is 14.0. The molecule has 0 amide bonds. The molecule has 0 saturated heterocycles. The third kappa shape index (κ3) is 3.23. The van der Waals surface area contributed by atoms with Crippen LogP contribution >= 0.6 is 0 Å². The molecule has 21 heavy (non-hydrogen) atoms. The maximum Gasteiger partial charge on any atom is 0.276 e. The van der Waals surface area contributed by atoms with Crippen LogP contribution in [0, 0.1) is 5.92 Å². The summed E-state index contributed by atoms with van der Waals surface area (Å²) >= 11 is 0. The maximum absolute atomic E-state index is 5.64. The Bertz CT molecular complexity index is 570. The number of anilines is 1. The Labute approximate surface area is 125 Å². The van der Waals surface area contributed by atoms with E-state index in [2.05, 4.69) is 22.0 Å². The van der Waals surface area contributed by atoms with Gasteiger partial charge in [-0.2, -0.15) is 4.98 Å². The van der Waals surface area contributed by atoms with Crippen molar-refractivity contribution >= 4 is 5.69 Å². The SMILES string of the molecule is CCCC1CCC(c2noc(-c3ccc(N)cn3)n2)CC1. The second-order valence-electron chi connectivity index (χ2n) is 5.94. The van der Waals surface area contributed by atoms with E-state index in [-0.39, 0.29) is 0 Å². The highest BCUT2D eigenvalue weighted by molar-refractivity contribution is 5.50. The Morgan fingerprint density at radius 3 is 2.71 bits per heavy atom. The average Bonchev–Trinajstić information content (AvgIpc) is 2.99. The van der Waals surface area contributed by atoms with Gasteiger partial charge in [0, 0.05) is 5.92 Å².